The van der Waals surface area contributed by atoms with Gasteiger partial charge in [-0.05, 0) is 33.0 Å². The first-order valence-corrected chi connectivity index (χ1v) is 7.82. The average molecular weight is 268 g/mol. The minimum absolute atomic E-state index is 0.322. The van der Waals surface area contributed by atoms with Gasteiger partial charge < -0.3 is 9.84 Å². The first-order valence-electron chi connectivity index (χ1n) is 6.67. The van der Waals surface area contributed by atoms with Crippen molar-refractivity contribution in [1.82, 2.24) is 20.4 Å². The Balaban J connectivity index is 1.71. The number of hydrogen-bond acceptors (Lipinski definition) is 6. The van der Waals surface area contributed by atoms with Crippen LogP contribution in [0.15, 0.2) is 4.52 Å². The predicted molar refractivity (Wildman–Crippen MR) is 71.8 cm³/mol. The fourth-order valence-corrected chi connectivity index (χ4v) is 3.79. The Morgan fingerprint density at radius 3 is 3.00 bits per heavy atom. The van der Waals surface area contributed by atoms with Gasteiger partial charge in [-0.25, -0.2) is 0 Å². The van der Waals surface area contributed by atoms with Crippen molar-refractivity contribution >= 4 is 11.8 Å². The van der Waals surface area contributed by atoms with Crippen molar-refractivity contribution in [3.05, 3.63) is 11.7 Å². The topological polar surface area (TPSA) is 54.2 Å². The van der Waals surface area contributed by atoms with Crippen LogP contribution >= 0.6 is 11.8 Å². The molecule has 3 heterocycles. The maximum atomic E-state index is 5.48. The van der Waals surface area contributed by atoms with Gasteiger partial charge in [-0.2, -0.15) is 16.7 Å². The van der Waals surface area contributed by atoms with Gasteiger partial charge in [-0.15, -0.1) is 0 Å². The molecule has 2 aliphatic rings. The van der Waals surface area contributed by atoms with Gasteiger partial charge in [0, 0.05) is 24.0 Å². The summed E-state index contributed by atoms with van der Waals surface area (Å²) in [5.41, 5.74) is 0. The van der Waals surface area contributed by atoms with Gasteiger partial charge in [0.15, 0.2) is 5.82 Å². The maximum absolute atomic E-state index is 5.48. The van der Waals surface area contributed by atoms with E-state index >= 15 is 0 Å². The molecule has 0 aliphatic carbocycles. The molecule has 1 N–H and O–H groups in total. The lowest BCUT2D eigenvalue weighted by Crippen LogP contribution is -2.33. The predicted octanol–water partition coefficient (Wildman–Crippen LogP) is 1.26. The van der Waals surface area contributed by atoms with Crippen LogP contribution in [0.5, 0.6) is 0 Å². The molecule has 3 rings (SSSR count). The van der Waals surface area contributed by atoms with E-state index in [-0.39, 0.29) is 0 Å². The zero-order chi connectivity index (χ0) is 12.4. The van der Waals surface area contributed by atoms with E-state index < -0.39 is 0 Å². The molecule has 0 amide bonds. The molecule has 2 saturated heterocycles. The van der Waals surface area contributed by atoms with Crippen molar-refractivity contribution in [3.63, 3.8) is 0 Å². The summed E-state index contributed by atoms with van der Waals surface area (Å²) >= 11 is 1.97. The lowest BCUT2D eigenvalue weighted by molar-refractivity contribution is 0.255. The fraction of sp³-hybridized carbons (Fsp3) is 0.833. The largest absolute Gasteiger partial charge is 0.339 e. The quantitative estimate of drug-likeness (QED) is 0.871. The van der Waals surface area contributed by atoms with Crippen LogP contribution in [0.25, 0.3) is 0 Å². The van der Waals surface area contributed by atoms with Crippen LogP contribution in [0.4, 0.5) is 0 Å². The summed E-state index contributed by atoms with van der Waals surface area (Å²) in [4.78, 5) is 6.97. The third kappa shape index (κ3) is 2.55. The second kappa shape index (κ2) is 5.59. The summed E-state index contributed by atoms with van der Waals surface area (Å²) in [5, 5.41) is 7.56. The van der Waals surface area contributed by atoms with Crippen LogP contribution < -0.4 is 5.32 Å². The molecule has 1 aromatic rings. The summed E-state index contributed by atoms with van der Waals surface area (Å²) in [7, 11) is 2.14. The number of nitrogens with one attached hydrogen (secondary N) is 1. The second-order valence-corrected chi connectivity index (χ2v) is 6.24. The van der Waals surface area contributed by atoms with E-state index in [0.717, 1.165) is 49.9 Å². The highest BCUT2D eigenvalue weighted by atomic mass is 32.2. The zero-order valence-electron chi connectivity index (χ0n) is 10.8. The number of thioether (sulfide) groups is 1. The summed E-state index contributed by atoms with van der Waals surface area (Å²) in [6.45, 7) is 3.22. The van der Waals surface area contributed by atoms with E-state index in [0.29, 0.717) is 12.0 Å². The SMILES string of the molecule is CN1CCSCC1c1noc(C2CCNCC2)n1. The van der Waals surface area contributed by atoms with Crippen LogP contribution in [0.1, 0.15) is 36.5 Å². The molecule has 18 heavy (non-hydrogen) atoms. The third-order valence-corrected chi connectivity index (χ3v) is 4.86. The Hall–Kier alpha value is -0.590. The van der Waals surface area contributed by atoms with Gasteiger partial charge in [0.25, 0.3) is 0 Å². The van der Waals surface area contributed by atoms with E-state index in [4.69, 9.17) is 4.52 Å². The smallest absolute Gasteiger partial charge is 0.229 e. The van der Waals surface area contributed by atoms with Crippen LogP contribution in [0.3, 0.4) is 0 Å². The normalized spacial score (nSPS) is 27.5. The van der Waals surface area contributed by atoms with Crippen LogP contribution in [0, 0.1) is 0 Å². The number of piperidine rings is 1. The molecule has 100 valence electrons. The van der Waals surface area contributed by atoms with E-state index in [1.165, 1.54) is 5.75 Å². The molecule has 2 fully saturated rings. The first kappa shape index (κ1) is 12.4. The molecule has 6 heteroatoms. The minimum atomic E-state index is 0.322. The molecule has 0 bridgehead atoms. The van der Waals surface area contributed by atoms with Crippen molar-refractivity contribution in [1.29, 1.82) is 0 Å². The Kier molecular flexibility index (Phi) is 3.86. The van der Waals surface area contributed by atoms with Gasteiger partial charge in [0.1, 0.15) is 0 Å². The lowest BCUT2D eigenvalue weighted by atomic mass is 9.98. The number of hydrogen-bond donors (Lipinski definition) is 1. The van der Waals surface area contributed by atoms with Crippen LogP contribution in [0.2, 0.25) is 0 Å². The third-order valence-electron chi connectivity index (χ3n) is 3.84. The van der Waals surface area contributed by atoms with Crippen LogP contribution in [-0.2, 0) is 0 Å². The minimum Gasteiger partial charge on any atom is -0.339 e. The highest BCUT2D eigenvalue weighted by Gasteiger charge is 2.28. The van der Waals surface area contributed by atoms with Crippen molar-refractivity contribution in [3.8, 4) is 0 Å². The Morgan fingerprint density at radius 1 is 1.39 bits per heavy atom. The molecule has 1 unspecified atom stereocenters. The van der Waals surface area contributed by atoms with E-state index in [1.54, 1.807) is 0 Å². The molecule has 1 atom stereocenters. The standard InChI is InChI=1S/C12H20N4OS/c1-16-6-7-18-8-10(16)11-14-12(17-15-11)9-2-4-13-5-3-9/h9-10,13H,2-8H2,1H3. The Labute approximate surface area is 112 Å². The molecule has 0 aromatic carbocycles. The molecule has 0 saturated carbocycles. The monoisotopic (exact) mass is 268 g/mol. The van der Waals surface area contributed by atoms with Gasteiger partial charge in [-0.1, -0.05) is 5.16 Å². The van der Waals surface area contributed by atoms with Gasteiger partial charge in [-0.3, -0.25) is 4.90 Å². The molecule has 2 aliphatic heterocycles. The molecule has 1 aromatic heterocycles. The van der Waals surface area contributed by atoms with Crippen molar-refractivity contribution in [2.24, 2.45) is 0 Å². The van der Waals surface area contributed by atoms with Crippen molar-refractivity contribution in [2.75, 3.05) is 38.2 Å². The average Bonchev–Trinajstić information content (AvgIpc) is 2.90. The Bertz CT molecular complexity index is 391. The summed E-state index contributed by atoms with van der Waals surface area (Å²) in [6.07, 6.45) is 2.22. The van der Waals surface area contributed by atoms with Crippen molar-refractivity contribution < 1.29 is 4.52 Å². The zero-order valence-corrected chi connectivity index (χ0v) is 11.6. The Morgan fingerprint density at radius 2 is 2.22 bits per heavy atom. The highest BCUT2D eigenvalue weighted by Crippen LogP contribution is 2.29. The van der Waals surface area contributed by atoms with E-state index in [2.05, 4.69) is 27.4 Å². The van der Waals surface area contributed by atoms with Gasteiger partial charge in [0.2, 0.25) is 5.89 Å². The molecule has 0 radical (unpaired) electrons. The summed E-state index contributed by atoms with van der Waals surface area (Å²) < 4.78 is 5.48. The lowest BCUT2D eigenvalue weighted by Gasteiger charge is -2.29. The maximum Gasteiger partial charge on any atom is 0.229 e. The van der Waals surface area contributed by atoms with Crippen LogP contribution in [-0.4, -0.2) is 53.2 Å². The summed E-state index contributed by atoms with van der Waals surface area (Å²) in [6, 6.07) is 0.322. The molecule has 5 nitrogen and oxygen atoms in total. The summed E-state index contributed by atoms with van der Waals surface area (Å²) in [5.74, 6) is 4.44. The van der Waals surface area contributed by atoms with E-state index in [9.17, 15) is 0 Å². The number of nitrogens with zero attached hydrogens (tertiary/aromatic N) is 3. The molecular formula is C12H20N4OS. The first-order chi connectivity index (χ1) is 8.84. The van der Waals surface area contributed by atoms with Gasteiger partial charge >= 0.3 is 0 Å². The molecular weight excluding hydrogens is 248 g/mol. The second-order valence-electron chi connectivity index (χ2n) is 5.09. The van der Waals surface area contributed by atoms with Crippen molar-refractivity contribution in [2.45, 2.75) is 24.8 Å². The van der Waals surface area contributed by atoms with E-state index in [1.807, 2.05) is 11.8 Å². The number of rotatable bonds is 2. The highest BCUT2D eigenvalue weighted by molar-refractivity contribution is 7.99. The fourth-order valence-electron chi connectivity index (χ4n) is 2.58. The van der Waals surface area contributed by atoms with Gasteiger partial charge in [0.05, 0.1) is 6.04 Å². The molecule has 0 spiro atoms. The number of aromatic nitrogens is 2.